The van der Waals surface area contributed by atoms with E-state index in [1.807, 2.05) is 25.1 Å². The zero-order chi connectivity index (χ0) is 20.4. The van der Waals surface area contributed by atoms with Gasteiger partial charge in [0.05, 0.1) is 22.8 Å². The molecule has 2 amide bonds. The number of aromatic hydroxyl groups is 1. The van der Waals surface area contributed by atoms with Crippen LogP contribution in [0.25, 0.3) is 5.69 Å². The van der Waals surface area contributed by atoms with Crippen LogP contribution in [-0.4, -0.2) is 48.9 Å². The maximum atomic E-state index is 13.1. The second-order valence-electron chi connectivity index (χ2n) is 6.56. The Morgan fingerprint density at radius 2 is 2.00 bits per heavy atom. The molecule has 0 bridgehead atoms. The number of fused-ring (bicyclic) bond motifs is 1. The molecule has 0 fully saturated rings. The summed E-state index contributed by atoms with van der Waals surface area (Å²) in [6.45, 7) is 1.85. The van der Waals surface area contributed by atoms with Crippen molar-refractivity contribution in [3.05, 3.63) is 48.5 Å². The van der Waals surface area contributed by atoms with Gasteiger partial charge in [-0.25, -0.2) is 0 Å². The van der Waals surface area contributed by atoms with Crippen LogP contribution in [0.5, 0.6) is 5.75 Å². The molecular weight excluding hydrogens is 392 g/mol. The van der Waals surface area contributed by atoms with Gasteiger partial charge in [0.15, 0.2) is 0 Å². The Morgan fingerprint density at radius 3 is 2.79 bits per heavy atom. The van der Waals surface area contributed by atoms with E-state index in [4.69, 9.17) is 0 Å². The SMILES string of the molecule is C[C@@H]1CC(=O)Nc2ccccc2N1C(=O)CSc1nnnn1-c1ccc(O)cc1. The molecule has 1 aliphatic heterocycles. The molecule has 2 heterocycles. The minimum atomic E-state index is -0.278. The highest BCUT2D eigenvalue weighted by Gasteiger charge is 2.29. The van der Waals surface area contributed by atoms with Gasteiger partial charge in [0.2, 0.25) is 17.0 Å². The van der Waals surface area contributed by atoms with Crippen LogP contribution in [-0.2, 0) is 9.59 Å². The molecule has 0 spiro atoms. The van der Waals surface area contributed by atoms with E-state index in [1.165, 1.54) is 28.6 Å². The van der Waals surface area contributed by atoms with Gasteiger partial charge in [-0.15, -0.1) is 5.10 Å². The summed E-state index contributed by atoms with van der Waals surface area (Å²) in [6, 6.07) is 13.4. The molecule has 4 rings (SSSR count). The van der Waals surface area contributed by atoms with E-state index < -0.39 is 0 Å². The average molecular weight is 410 g/mol. The number of aromatic nitrogens is 4. The van der Waals surface area contributed by atoms with E-state index >= 15 is 0 Å². The lowest BCUT2D eigenvalue weighted by atomic mass is 10.2. The first kappa shape index (κ1) is 18.9. The first-order valence-electron chi connectivity index (χ1n) is 8.94. The number of nitrogens with one attached hydrogen (secondary N) is 1. The maximum absolute atomic E-state index is 13.1. The van der Waals surface area contributed by atoms with Gasteiger partial charge in [0, 0.05) is 12.5 Å². The number of hydrogen-bond acceptors (Lipinski definition) is 7. The van der Waals surface area contributed by atoms with Gasteiger partial charge < -0.3 is 15.3 Å². The number of amides is 2. The average Bonchev–Trinajstić information content (AvgIpc) is 3.12. The number of carbonyl (C=O) groups excluding carboxylic acids is 2. The van der Waals surface area contributed by atoms with E-state index in [2.05, 4.69) is 20.8 Å². The van der Waals surface area contributed by atoms with Gasteiger partial charge in [0.25, 0.3) is 0 Å². The van der Waals surface area contributed by atoms with Gasteiger partial charge in [-0.05, 0) is 53.7 Å². The van der Waals surface area contributed by atoms with Crippen LogP contribution >= 0.6 is 11.8 Å². The Morgan fingerprint density at radius 1 is 1.24 bits per heavy atom. The van der Waals surface area contributed by atoms with Crippen LogP contribution in [0.3, 0.4) is 0 Å². The zero-order valence-corrected chi connectivity index (χ0v) is 16.3. The van der Waals surface area contributed by atoms with Crippen LogP contribution in [0, 0.1) is 0 Å². The maximum Gasteiger partial charge on any atom is 0.237 e. The lowest BCUT2D eigenvalue weighted by Crippen LogP contribution is -2.40. The Labute approximate surface area is 170 Å². The third-order valence-corrected chi connectivity index (χ3v) is 5.39. The largest absolute Gasteiger partial charge is 0.508 e. The molecule has 2 aromatic carbocycles. The number of tetrazole rings is 1. The van der Waals surface area contributed by atoms with Gasteiger partial charge in [-0.1, -0.05) is 23.9 Å². The van der Waals surface area contributed by atoms with Crippen molar-refractivity contribution >= 4 is 35.0 Å². The highest BCUT2D eigenvalue weighted by molar-refractivity contribution is 7.99. The normalized spacial score (nSPS) is 16.1. The Hall–Kier alpha value is -3.40. The Kier molecular flexibility index (Phi) is 5.17. The second-order valence-corrected chi connectivity index (χ2v) is 7.50. The summed E-state index contributed by atoms with van der Waals surface area (Å²) in [4.78, 5) is 26.8. The summed E-state index contributed by atoms with van der Waals surface area (Å²) in [7, 11) is 0. The molecule has 9 nitrogen and oxygen atoms in total. The highest BCUT2D eigenvalue weighted by atomic mass is 32.2. The van der Waals surface area contributed by atoms with Crippen molar-refractivity contribution < 1.29 is 14.7 Å². The molecule has 0 saturated carbocycles. The van der Waals surface area contributed by atoms with Gasteiger partial charge >= 0.3 is 0 Å². The number of carbonyl (C=O) groups is 2. The Bertz CT molecular complexity index is 1050. The zero-order valence-electron chi connectivity index (χ0n) is 15.5. The Balaban J connectivity index is 1.54. The summed E-state index contributed by atoms with van der Waals surface area (Å²) in [6.07, 6.45) is 0.219. The van der Waals surface area contributed by atoms with E-state index in [0.29, 0.717) is 22.2 Å². The molecule has 1 aromatic heterocycles. The summed E-state index contributed by atoms with van der Waals surface area (Å²) in [5.41, 5.74) is 1.97. The molecule has 0 aliphatic carbocycles. The number of hydrogen-bond donors (Lipinski definition) is 2. The van der Waals surface area contributed by atoms with Gasteiger partial charge in [-0.3, -0.25) is 9.59 Å². The standard InChI is InChI=1S/C19H18N6O3S/c1-12-10-17(27)20-15-4-2-3-5-16(15)24(12)18(28)11-29-19-21-22-23-25(19)13-6-8-14(26)9-7-13/h2-9,12,26H,10-11H2,1H3,(H,20,27)/t12-/m1/s1. The van der Waals surface area contributed by atoms with Crippen molar-refractivity contribution in [1.29, 1.82) is 0 Å². The predicted molar refractivity (Wildman–Crippen MR) is 108 cm³/mol. The molecule has 10 heteroatoms. The van der Waals surface area contributed by atoms with Crippen LogP contribution in [0.15, 0.2) is 53.7 Å². The van der Waals surface area contributed by atoms with E-state index in [1.54, 1.807) is 23.1 Å². The predicted octanol–water partition coefficient (Wildman–Crippen LogP) is 2.22. The van der Waals surface area contributed by atoms with Crippen LogP contribution < -0.4 is 10.2 Å². The molecule has 0 unspecified atom stereocenters. The minimum Gasteiger partial charge on any atom is -0.508 e. The summed E-state index contributed by atoms with van der Waals surface area (Å²) in [5, 5.41) is 24.4. The monoisotopic (exact) mass is 410 g/mol. The smallest absolute Gasteiger partial charge is 0.237 e. The third kappa shape index (κ3) is 3.92. The molecule has 2 N–H and O–H groups in total. The van der Waals surface area contributed by atoms with Crippen LogP contribution in [0.2, 0.25) is 0 Å². The number of anilines is 2. The second kappa shape index (κ2) is 7.92. The van der Waals surface area contributed by atoms with Crippen molar-refractivity contribution in [2.24, 2.45) is 0 Å². The van der Waals surface area contributed by atoms with Crippen LogP contribution in [0.4, 0.5) is 11.4 Å². The van der Waals surface area contributed by atoms with Crippen molar-refractivity contribution in [1.82, 2.24) is 20.2 Å². The lowest BCUT2D eigenvalue weighted by Gasteiger charge is -2.27. The van der Waals surface area contributed by atoms with Gasteiger partial charge in [0.1, 0.15) is 5.75 Å². The van der Waals surface area contributed by atoms with Crippen molar-refractivity contribution in [2.75, 3.05) is 16.0 Å². The number of phenolic OH excluding ortho intramolecular Hbond substituents is 1. The van der Waals surface area contributed by atoms with E-state index in [9.17, 15) is 14.7 Å². The lowest BCUT2D eigenvalue weighted by molar-refractivity contribution is -0.117. The first-order chi connectivity index (χ1) is 14.0. The molecule has 0 radical (unpaired) electrons. The summed E-state index contributed by atoms with van der Waals surface area (Å²) in [5.74, 6) is -0.0234. The van der Waals surface area contributed by atoms with Crippen LogP contribution in [0.1, 0.15) is 13.3 Å². The van der Waals surface area contributed by atoms with Gasteiger partial charge in [-0.2, -0.15) is 4.68 Å². The molecule has 1 atom stereocenters. The number of rotatable bonds is 4. The fourth-order valence-electron chi connectivity index (χ4n) is 3.19. The van der Waals surface area contributed by atoms with E-state index in [0.717, 1.165) is 0 Å². The third-order valence-electron chi connectivity index (χ3n) is 4.49. The quantitative estimate of drug-likeness (QED) is 0.634. The van der Waals surface area contributed by atoms with Crippen molar-refractivity contribution in [3.63, 3.8) is 0 Å². The topological polar surface area (TPSA) is 113 Å². The number of phenols is 1. The van der Waals surface area contributed by atoms with Crippen molar-refractivity contribution in [2.45, 2.75) is 24.5 Å². The highest BCUT2D eigenvalue weighted by Crippen LogP contribution is 2.32. The number of nitrogens with zero attached hydrogens (tertiary/aromatic N) is 5. The summed E-state index contributed by atoms with van der Waals surface area (Å²) >= 11 is 1.21. The minimum absolute atomic E-state index is 0.103. The number of para-hydroxylation sites is 2. The molecule has 29 heavy (non-hydrogen) atoms. The molecule has 0 saturated heterocycles. The molecule has 148 valence electrons. The molecule has 1 aliphatic rings. The number of benzene rings is 2. The summed E-state index contributed by atoms with van der Waals surface area (Å²) < 4.78 is 1.50. The molecule has 3 aromatic rings. The first-order valence-corrected chi connectivity index (χ1v) is 9.93. The fourth-order valence-corrected chi connectivity index (χ4v) is 3.94. The van der Waals surface area contributed by atoms with Crippen molar-refractivity contribution in [3.8, 4) is 11.4 Å². The molecular formula is C19H18N6O3S. The number of thioether (sulfide) groups is 1. The van der Waals surface area contributed by atoms with E-state index in [-0.39, 0.29) is 35.8 Å². The fraction of sp³-hybridized carbons (Fsp3) is 0.211.